The molecule has 18 nitrogen and oxygen atoms in total. The lowest BCUT2D eigenvalue weighted by atomic mass is 10.0. The third kappa shape index (κ3) is 12.1. The Hall–Kier alpha value is -5.46. The number of urea groups is 1. The SMILES string of the molecule is CCOC(=O)CCC(=O)N1CCC(N2CCN(C(=O)[C@@H](Cc3cc(C)c4c(c3)oc(=O)n4C)OC(=O)N3CCC(N4CCc5ccccc5NC4=O)CC3)CC2)CC1.CN1CCOCC1. The molecular weight excluding hydrogens is 837 g/mol. The van der Waals surface area contributed by atoms with Crippen LogP contribution >= 0.6 is 0 Å². The van der Waals surface area contributed by atoms with Gasteiger partial charge < -0.3 is 48.4 Å². The predicted molar refractivity (Wildman–Crippen MR) is 243 cm³/mol. The van der Waals surface area contributed by atoms with E-state index < -0.39 is 18.0 Å². The Balaban J connectivity index is 0.000000822. The summed E-state index contributed by atoms with van der Waals surface area (Å²) >= 11 is 0. The fourth-order valence-corrected chi connectivity index (χ4v) is 9.63. The molecule has 0 spiro atoms. The molecule has 0 saturated carbocycles. The summed E-state index contributed by atoms with van der Waals surface area (Å²) in [5.41, 5.74) is 4.51. The van der Waals surface area contributed by atoms with Gasteiger partial charge in [-0.2, -0.15) is 0 Å². The summed E-state index contributed by atoms with van der Waals surface area (Å²) in [6.45, 7) is 12.8. The van der Waals surface area contributed by atoms with Gasteiger partial charge in [-0.3, -0.25) is 23.9 Å². The molecule has 354 valence electrons. The minimum absolute atomic E-state index is 0.0354. The average molecular weight is 903 g/mol. The van der Waals surface area contributed by atoms with E-state index in [4.69, 9.17) is 18.6 Å². The second-order valence-electron chi connectivity index (χ2n) is 17.7. The van der Waals surface area contributed by atoms with Crippen molar-refractivity contribution < 1.29 is 42.6 Å². The van der Waals surface area contributed by atoms with Gasteiger partial charge in [-0.15, -0.1) is 0 Å². The van der Waals surface area contributed by atoms with Gasteiger partial charge in [0.2, 0.25) is 5.91 Å². The van der Waals surface area contributed by atoms with Crippen LogP contribution in [0.15, 0.2) is 45.6 Å². The molecule has 18 heteroatoms. The van der Waals surface area contributed by atoms with Gasteiger partial charge in [0.1, 0.15) is 0 Å². The highest BCUT2D eigenvalue weighted by molar-refractivity contribution is 5.91. The van der Waals surface area contributed by atoms with Crippen LogP contribution in [0.1, 0.15) is 62.1 Å². The molecule has 0 radical (unpaired) electrons. The van der Waals surface area contributed by atoms with Crippen molar-refractivity contribution >= 4 is 46.7 Å². The number of aromatic nitrogens is 1. The highest BCUT2D eigenvalue weighted by Gasteiger charge is 2.37. The second-order valence-corrected chi connectivity index (χ2v) is 17.7. The number of carbonyl (C=O) groups excluding carboxylic acids is 5. The number of hydrogen-bond acceptors (Lipinski definition) is 12. The van der Waals surface area contributed by atoms with Crippen LogP contribution in [0.25, 0.3) is 11.1 Å². The monoisotopic (exact) mass is 902 g/mol. The Labute approximate surface area is 380 Å². The number of morpholine rings is 1. The van der Waals surface area contributed by atoms with Crippen molar-refractivity contribution in [2.24, 2.45) is 7.05 Å². The van der Waals surface area contributed by atoms with Crippen molar-refractivity contribution in [3.8, 4) is 0 Å². The quantitative estimate of drug-likeness (QED) is 0.294. The number of hydrogen-bond donors (Lipinski definition) is 1. The van der Waals surface area contributed by atoms with E-state index in [-0.39, 0.29) is 55.2 Å². The van der Waals surface area contributed by atoms with Crippen LogP contribution in [0.4, 0.5) is 15.3 Å². The molecule has 0 aliphatic carbocycles. The first-order valence-electron chi connectivity index (χ1n) is 23.3. The zero-order valence-corrected chi connectivity index (χ0v) is 38.5. The summed E-state index contributed by atoms with van der Waals surface area (Å²) in [6.07, 6.45) is 2.19. The van der Waals surface area contributed by atoms with Crippen LogP contribution in [-0.4, -0.2) is 181 Å². The summed E-state index contributed by atoms with van der Waals surface area (Å²) in [4.78, 5) is 89.8. The first-order valence-corrected chi connectivity index (χ1v) is 23.3. The fraction of sp³-hybridized carbons (Fsp3) is 0.617. The van der Waals surface area contributed by atoms with Gasteiger partial charge >= 0.3 is 23.8 Å². The number of ether oxygens (including phenoxy) is 3. The molecule has 5 amide bonds. The minimum Gasteiger partial charge on any atom is -0.466 e. The maximum absolute atomic E-state index is 14.3. The van der Waals surface area contributed by atoms with E-state index in [0.717, 1.165) is 62.4 Å². The smallest absolute Gasteiger partial charge is 0.419 e. The molecule has 65 heavy (non-hydrogen) atoms. The van der Waals surface area contributed by atoms with E-state index >= 15 is 0 Å². The van der Waals surface area contributed by atoms with Gasteiger partial charge in [0, 0.05) is 110 Å². The van der Waals surface area contributed by atoms with Crippen LogP contribution in [-0.2, 0) is 48.5 Å². The molecule has 0 bridgehead atoms. The summed E-state index contributed by atoms with van der Waals surface area (Å²) in [5, 5.41) is 3.04. The first-order chi connectivity index (χ1) is 31.4. The molecule has 4 fully saturated rings. The molecule has 1 N–H and O–H groups in total. The number of nitrogens with zero attached hydrogens (tertiary/aromatic N) is 7. The van der Waals surface area contributed by atoms with Gasteiger partial charge in [0.25, 0.3) is 5.91 Å². The first kappa shape index (κ1) is 47.5. The third-order valence-corrected chi connectivity index (χ3v) is 13.4. The van der Waals surface area contributed by atoms with E-state index in [9.17, 15) is 28.8 Å². The number of oxazole rings is 1. The van der Waals surface area contributed by atoms with Crippen LogP contribution in [0.2, 0.25) is 0 Å². The minimum atomic E-state index is -1.11. The number of likely N-dealkylation sites (tertiary alicyclic amines) is 2. The van der Waals surface area contributed by atoms with E-state index in [0.29, 0.717) is 95.0 Å². The van der Waals surface area contributed by atoms with Gasteiger partial charge in [0.15, 0.2) is 11.7 Å². The Morgan fingerprint density at radius 3 is 2.15 bits per heavy atom. The average Bonchev–Trinajstić information content (AvgIpc) is 3.49. The van der Waals surface area contributed by atoms with Gasteiger partial charge in [0.05, 0.1) is 31.8 Å². The number of para-hydroxylation sites is 1. The number of aryl methyl sites for hydroxylation is 2. The van der Waals surface area contributed by atoms with Crippen LogP contribution in [0, 0.1) is 6.92 Å². The highest BCUT2D eigenvalue weighted by Crippen LogP contribution is 2.27. The predicted octanol–water partition coefficient (Wildman–Crippen LogP) is 3.47. The zero-order chi connectivity index (χ0) is 46.0. The molecular formula is C47H66N8O10. The number of likely N-dealkylation sites (N-methyl/N-ethyl adjacent to an activating group) is 1. The number of esters is 1. The summed E-state index contributed by atoms with van der Waals surface area (Å²) in [5.74, 6) is -1.16. The van der Waals surface area contributed by atoms with E-state index in [1.807, 2.05) is 47.1 Å². The van der Waals surface area contributed by atoms with Crippen LogP contribution in [0.5, 0.6) is 0 Å². The molecule has 3 aromatic rings. The maximum Gasteiger partial charge on any atom is 0.419 e. The second kappa shape index (κ2) is 22.2. The normalized spacial score (nSPS) is 19.7. The van der Waals surface area contributed by atoms with Crippen molar-refractivity contribution in [3.05, 3.63) is 63.6 Å². The number of nitrogens with one attached hydrogen (secondary N) is 1. The summed E-state index contributed by atoms with van der Waals surface area (Å²) < 4.78 is 23.1. The Morgan fingerprint density at radius 1 is 0.800 bits per heavy atom. The summed E-state index contributed by atoms with van der Waals surface area (Å²) in [7, 11) is 3.76. The van der Waals surface area contributed by atoms with Crippen LogP contribution < -0.4 is 11.1 Å². The molecule has 1 aromatic heterocycles. The van der Waals surface area contributed by atoms with E-state index in [1.165, 1.54) is 4.57 Å². The van der Waals surface area contributed by atoms with Crippen molar-refractivity contribution in [2.75, 3.05) is 104 Å². The molecule has 8 rings (SSSR count). The Morgan fingerprint density at radius 2 is 1.48 bits per heavy atom. The number of rotatable bonds is 10. The number of anilines is 1. The van der Waals surface area contributed by atoms with E-state index in [2.05, 4.69) is 22.2 Å². The number of amides is 5. The number of fused-ring (bicyclic) bond motifs is 2. The lowest BCUT2D eigenvalue weighted by Crippen LogP contribution is -2.57. The number of piperazine rings is 1. The highest BCUT2D eigenvalue weighted by atomic mass is 16.6. The number of piperidine rings is 2. The largest absolute Gasteiger partial charge is 0.466 e. The topological polar surface area (TPSA) is 180 Å². The molecule has 4 saturated heterocycles. The molecule has 5 aliphatic rings. The Bertz CT molecular complexity index is 2200. The standard InChI is InChI=1S/C42H55N7O9.C5H11NO/c1-4-56-37(51)10-9-36(50)46-16-12-31(13-17-46)45-21-23-47(24-22-45)39(52)35(27-29-25-28(2)38-34(26-29)57-41(54)44(38)3)58-42(55)48-18-14-32(15-19-48)49-20-11-30-7-5-6-8-33(30)43-40(49)53;1-6-2-4-7-5-3-6/h5-8,25-26,31-32,35H,4,9-24,27H2,1-3H3,(H,43,53);2-5H2,1H3/t35-;/m1./s1. The zero-order valence-electron chi connectivity index (χ0n) is 38.5. The molecule has 5 aliphatic heterocycles. The number of carbonyl (C=O) groups is 5. The maximum atomic E-state index is 14.3. The molecule has 2 aromatic carbocycles. The van der Waals surface area contributed by atoms with Crippen molar-refractivity contribution in [1.29, 1.82) is 0 Å². The molecule has 6 heterocycles. The van der Waals surface area contributed by atoms with Gasteiger partial charge in [-0.05, 0) is 81.8 Å². The molecule has 0 unspecified atom stereocenters. The van der Waals surface area contributed by atoms with Crippen molar-refractivity contribution in [2.45, 2.75) is 83.4 Å². The van der Waals surface area contributed by atoms with Crippen LogP contribution in [0.3, 0.4) is 0 Å². The fourth-order valence-electron chi connectivity index (χ4n) is 9.63. The van der Waals surface area contributed by atoms with Gasteiger partial charge in [-0.25, -0.2) is 14.4 Å². The number of benzene rings is 2. The lowest BCUT2D eigenvalue weighted by Gasteiger charge is -2.43. The van der Waals surface area contributed by atoms with Gasteiger partial charge in [-0.1, -0.05) is 24.3 Å². The molecule has 1 atom stereocenters. The lowest BCUT2D eigenvalue weighted by molar-refractivity contribution is -0.146. The van der Waals surface area contributed by atoms with E-state index in [1.54, 1.807) is 29.8 Å². The Kier molecular flexibility index (Phi) is 16.2. The van der Waals surface area contributed by atoms with Crippen molar-refractivity contribution in [3.63, 3.8) is 0 Å². The summed E-state index contributed by atoms with van der Waals surface area (Å²) in [6, 6.07) is 11.5. The third-order valence-electron chi connectivity index (χ3n) is 13.4. The van der Waals surface area contributed by atoms with Crippen molar-refractivity contribution in [1.82, 2.24) is 34.0 Å².